The fourth-order valence-corrected chi connectivity index (χ4v) is 7.93. The van der Waals surface area contributed by atoms with Crippen molar-refractivity contribution in [3.05, 3.63) is 115 Å². The van der Waals surface area contributed by atoms with E-state index >= 15 is 0 Å². The van der Waals surface area contributed by atoms with Crippen molar-refractivity contribution >= 4 is 29.6 Å². The molecule has 152 valence electrons. The van der Waals surface area contributed by atoms with Gasteiger partial charge < -0.3 is 4.74 Å². The number of carbonyl (C=O) groups excluding carboxylic acids is 1. The Morgan fingerprint density at radius 3 is 1.67 bits per heavy atom. The number of allylic oxidation sites excluding steroid dienone is 1. The maximum atomic E-state index is 12.0. The normalized spacial score (nSPS) is 11.3. The third-order valence-corrected chi connectivity index (χ3v) is 9.62. The van der Waals surface area contributed by atoms with Gasteiger partial charge in [0.25, 0.3) is 0 Å². The number of ether oxygens (including phenoxy) is 1. The highest BCUT2D eigenvalue weighted by atomic mass is 28.3. The molecule has 0 radical (unpaired) electrons. The molecule has 0 N–H and O–H groups in total. The molecule has 30 heavy (non-hydrogen) atoms. The second-order valence-electron chi connectivity index (χ2n) is 7.14. The van der Waals surface area contributed by atoms with E-state index in [0.717, 1.165) is 0 Å². The first-order valence-electron chi connectivity index (χ1n) is 10.4. The van der Waals surface area contributed by atoms with E-state index < -0.39 is 8.07 Å². The lowest BCUT2D eigenvalue weighted by atomic mass is 10.3. The highest BCUT2D eigenvalue weighted by Crippen LogP contribution is 2.11. The smallest absolute Gasteiger partial charge is 0.306 e. The lowest BCUT2D eigenvalue weighted by Gasteiger charge is -2.30. The van der Waals surface area contributed by atoms with Crippen molar-refractivity contribution in [2.75, 3.05) is 6.61 Å². The molecule has 3 aromatic rings. The summed E-state index contributed by atoms with van der Waals surface area (Å²) in [7, 11) is -2.37. The molecule has 0 unspecified atom stereocenters. The molecule has 0 aliphatic heterocycles. The maximum absolute atomic E-state index is 12.0. The van der Waals surface area contributed by atoms with Crippen LogP contribution in [0.1, 0.15) is 19.3 Å². The summed E-state index contributed by atoms with van der Waals surface area (Å²) >= 11 is 0. The Morgan fingerprint density at radius 1 is 0.767 bits per heavy atom. The van der Waals surface area contributed by atoms with Crippen LogP contribution in [-0.2, 0) is 9.53 Å². The molecule has 0 aliphatic rings. The summed E-state index contributed by atoms with van der Waals surface area (Å²) in [4.78, 5) is 12.0. The van der Waals surface area contributed by atoms with Gasteiger partial charge in [0.05, 0.1) is 6.61 Å². The standard InChI is InChI=1S/C27H28O2Si/c1-2-3-22-29-27(28)21-13-14-23-30(24-15-7-4-8-16-24,25-17-9-5-10-18-25)26-19-11-6-12-20-26/h2,4-12,14-20,23H,1,3,13,21-22H2/b23-14+. The Kier molecular flexibility index (Phi) is 7.99. The topological polar surface area (TPSA) is 26.3 Å². The molecule has 0 fully saturated rings. The Morgan fingerprint density at radius 2 is 1.23 bits per heavy atom. The molecule has 0 spiro atoms. The first kappa shape index (κ1) is 21.5. The summed E-state index contributed by atoms with van der Waals surface area (Å²) in [5.41, 5.74) is 2.37. The van der Waals surface area contributed by atoms with Crippen LogP contribution >= 0.6 is 0 Å². The van der Waals surface area contributed by atoms with Crippen molar-refractivity contribution in [3.63, 3.8) is 0 Å². The molecule has 2 nitrogen and oxygen atoms in total. The predicted octanol–water partition coefficient (Wildman–Crippen LogP) is 4.15. The van der Waals surface area contributed by atoms with E-state index in [2.05, 4.69) is 109 Å². The first-order chi connectivity index (χ1) is 14.8. The SMILES string of the molecule is C=CCCOC(=O)CC/C=C/[Si](c1ccccc1)(c1ccccc1)c1ccccc1. The number of hydrogen-bond donors (Lipinski definition) is 0. The van der Waals surface area contributed by atoms with Crippen LogP contribution in [0.3, 0.4) is 0 Å². The van der Waals surface area contributed by atoms with Crippen molar-refractivity contribution in [1.82, 2.24) is 0 Å². The van der Waals surface area contributed by atoms with Crippen molar-refractivity contribution in [2.45, 2.75) is 19.3 Å². The van der Waals surface area contributed by atoms with Gasteiger partial charge in [-0.1, -0.05) is 109 Å². The van der Waals surface area contributed by atoms with Gasteiger partial charge in [0.15, 0.2) is 8.07 Å². The van der Waals surface area contributed by atoms with Crippen LogP contribution < -0.4 is 15.6 Å². The van der Waals surface area contributed by atoms with Gasteiger partial charge in [-0.25, -0.2) is 0 Å². The summed E-state index contributed by atoms with van der Waals surface area (Å²) < 4.78 is 5.24. The Bertz CT molecular complexity index is 853. The summed E-state index contributed by atoms with van der Waals surface area (Å²) in [5.74, 6) is -0.159. The molecular weight excluding hydrogens is 384 g/mol. The Hall–Kier alpha value is -3.17. The summed E-state index contributed by atoms with van der Waals surface area (Å²) in [6.07, 6.45) is 5.65. The summed E-state index contributed by atoms with van der Waals surface area (Å²) in [6.45, 7) is 4.05. The average molecular weight is 413 g/mol. The largest absolute Gasteiger partial charge is 0.465 e. The zero-order valence-electron chi connectivity index (χ0n) is 17.2. The van der Waals surface area contributed by atoms with E-state index in [1.54, 1.807) is 6.08 Å². The van der Waals surface area contributed by atoms with Crippen LogP contribution in [-0.4, -0.2) is 20.7 Å². The van der Waals surface area contributed by atoms with Crippen LogP contribution in [0.5, 0.6) is 0 Å². The maximum Gasteiger partial charge on any atom is 0.306 e. The van der Waals surface area contributed by atoms with Crippen LogP contribution in [0.25, 0.3) is 0 Å². The van der Waals surface area contributed by atoms with Crippen molar-refractivity contribution < 1.29 is 9.53 Å². The van der Waals surface area contributed by atoms with Crippen molar-refractivity contribution in [3.8, 4) is 0 Å². The molecule has 0 atom stereocenters. The summed E-state index contributed by atoms with van der Waals surface area (Å²) in [6, 6.07) is 32.1. The van der Waals surface area contributed by atoms with Crippen LogP contribution in [0.15, 0.2) is 115 Å². The molecule has 0 heterocycles. The second-order valence-corrected chi connectivity index (χ2v) is 10.8. The van der Waals surface area contributed by atoms with E-state index in [0.29, 0.717) is 25.9 Å². The minimum atomic E-state index is -2.37. The molecule has 0 saturated heterocycles. The number of esters is 1. The lowest BCUT2D eigenvalue weighted by Crippen LogP contribution is -2.66. The van der Waals surface area contributed by atoms with E-state index in [1.165, 1.54) is 15.6 Å². The van der Waals surface area contributed by atoms with Gasteiger partial charge in [0.2, 0.25) is 0 Å². The molecule has 3 aromatic carbocycles. The molecule has 3 heteroatoms. The van der Waals surface area contributed by atoms with Crippen molar-refractivity contribution in [1.29, 1.82) is 0 Å². The quantitative estimate of drug-likeness (QED) is 0.164. The van der Waals surface area contributed by atoms with E-state index in [4.69, 9.17) is 4.74 Å². The highest BCUT2D eigenvalue weighted by Gasteiger charge is 2.36. The van der Waals surface area contributed by atoms with E-state index in [-0.39, 0.29) is 5.97 Å². The summed E-state index contributed by atoms with van der Waals surface area (Å²) in [5, 5.41) is 3.98. The van der Waals surface area contributed by atoms with Crippen LogP contribution in [0.4, 0.5) is 0 Å². The van der Waals surface area contributed by atoms with Gasteiger partial charge in [-0.05, 0) is 28.4 Å². The van der Waals surface area contributed by atoms with Gasteiger partial charge in [-0.15, -0.1) is 6.58 Å². The number of hydrogen-bond acceptors (Lipinski definition) is 2. The number of benzene rings is 3. The molecule has 0 aromatic heterocycles. The molecule has 3 rings (SSSR count). The Labute approximate surface area is 180 Å². The molecule has 0 saturated carbocycles. The number of rotatable bonds is 10. The molecule has 0 amide bonds. The highest BCUT2D eigenvalue weighted by molar-refractivity contribution is 7.14. The third-order valence-electron chi connectivity index (χ3n) is 5.16. The van der Waals surface area contributed by atoms with Gasteiger partial charge >= 0.3 is 5.97 Å². The minimum absolute atomic E-state index is 0.159. The van der Waals surface area contributed by atoms with E-state index in [1.807, 2.05) is 0 Å². The van der Waals surface area contributed by atoms with Gasteiger partial charge in [0, 0.05) is 6.42 Å². The number of carbonyl (C=O) groups is 1. The monoisotopic (exact) mass is 412 g/mol. The van der Waals surface area contributed by atoms with Crippen molar-refractivity contribution in [2.24, 2.45) is 0 Å². The second kappa shape index (κ2) is 11.1. The molecular formula is C27H28O2Si. The minimum Gasteiger partial charge on any atom is -0.465 e. The average Bonchev–Trinajstić information content (AvgIpc) is 2.81. The fourth-order valence-electron chi connectivity index (χ4n) is 3.68. The third kappa shape index (κ3) is 5.25. The predicted molar refractivity (Wildman–Crippen MR) is 128 cm³/mol. The Balaban J connectivity index is 1.95. The zero-order valence-corrected chi connectivity index (χ0v) is 18.2. The van der Waals surface area contributed by atoms with Crippen LogP contribution in [0, 0.1) is 0 Å². The van der Waals surface area contributed by atoms with Crippen LogP contribution in [0.2, 0.25) is 0 Å². The molecule has 0 bridgehead atoms. The first-order valence-corrected chi connectivity index (χ1v) is 12.5. The van der Waals surface area contributed by atoms with Gasteiger partial charge in [0.1, 0.15) is 0 Å². The van der Waals surface area contributed by atoms with Gasteiger partial charge in [-0.3, -0.25) is 4.79 Å². The molecule has 0 aliphatic carbocycles. The zero-order chi connectivity index (χ0) is 21.1. The van der Waals surface area contributed by atoms with Gasteiger partial charge in [-0.2, -0.15) is 0 Å². The van der Waals surface area contributed by atoms with E-state index in [9.17, 15) is 4.79 Å². The fraction of sp³-hybridized carbons (Fsp3) is 0.148. The lowest BCUT2D eigenvalue weighted by molar-refractivity contribution is -0.143.